The van der Waals surface area contributed by atoms with Crippen molar-refractivity contribution in [2.45, 2.75) is 46.1 Å². The molecule has 0 unspecified atom stereocenters. The van der Waals surface area contributed by atoms with Gasteiger partial charge in [-0.05, 0) is 81.5 Å². The lowest BCUT2D eigenvalue weighted by Crippen LogP contribution is -2.15. The minimum Gasteiger partial charge on any atom is -0.494 e. The van der Waals surface area contributed by atoms with Gasteiger partial charge in [0.1, 0.15) is 28.9 Å². The SMILES string of the molecule is CCOC(=O)c1c(NC(=O)c2ccc(COc3ccc(OCC)cc3)o2)sc2c1CCCC2. The Bertz CT molecular complexity index is 1110. The van der Waals surface area contributed by atoms with Gasteiger partial charge >= 0.3 is 5.97 Å². The molecule has 0 radical (unpaired) electrons. The third kappa shape index (κ3) is 5.39. The summed E-state index contributed by atoms with van der Waals surface area (Å²) in [5.74, 6) is 1.32. The van der Waals surface area contributed by atoms with Gasteiger partial charge in [-0.3, -0.25) is 4.79 Å². The average Bonchev–Trinajstić information content (AvgIpc) is 3.43. The van der Waals surface area contributed by atoms with Gasteiger partial charge in [-0.25, -0.2) is 4.79 Å². The summed E-state index contributed by atoms with van der Waals surface area (Å²) < 4.78 is 22.1. The van der Waals surface area contributed by atoms with Crippen LogP contribution in [0.3, 0.4) is 0 Å². The molecule has 1 aliphatic carbocycles. The molecule has 1 aliphatic rings. The van der Waals surface area contributed by atoms with E-state index in [9.17, 15) is 9.59 Å². The van der Waals surface area contributed by atoms with Crippen LogP contribution in [0.4, 0.5) is 5.00 Å². The maximum absolute atomic E-state index is 12.8. The first kappa shape index (κ1) is 22.9. The molecule has 3 aromatic rings. The Morgan fingerprint density at radius 3 is 2.42 bits per heavy atom. The second kappa shape index (κ2) is 10.6. The van der Waals surface area contributed by atoms with Crippen LogP contribution >= 0.6 is 11.3 Å². The summed E-state index contributed by atoms with van der Waals surface area (Å²) in [6.45, 7) is 4.77. The molecule has 33 heavy (non-hydrogen) atoms. The highest BCUT2D eigenvalue weighted by Crippen LogP contribution is 2.38. The van der Waals surface area contributed by atoms with Crippen LogP contribution in [0.2, 0.25) is 0 Å². The highest BCUT2D eigenvalue weighted by atomic mass is 32.1. The van der Waals surface area contributed by atoms with E-state index in [0.29, 0.717) is 28.7 Å². The first-order valence-corrected chi connectivity index (χ1v) is 12.0. The molecular weight excluding hydrogens is 442 g/mol. The number of rotatable bonds is 9. The van der Waals surface area contributed by atoms with Crippen molar-refractivity contribution in [2.75, 3.05) is 18.5 Å². The molecule has 8 heteroatoms. The molecule has 1 aromatic carbocycles. The van der Waals surface area contributed by atoms with E-state index in [1.54, 1.807) is 19.1 Å². The number of benzene rings is 1. The minimum absolute atomic E-state index is 0.154. The van der Waals surface area contributed by atoms with Crippen LogP contribution < -0.4 is 14.8 Å². The lowest BCUT2D eigenvalue weighted by Gasteiger charge is -2.12. The molecule has 174 valence electrons. The fourth-order valence-corrected chi connectivity index (χ4v) is 5.04. The number of fused-ring (bicyclic) bond motifs is 1. The topological polar surface area (TPSA) is 87.0 Å². The molecule has 4 rings (SSSR count). The summed E-state index contributed by atoms with van der Waals surface area (Å²) in [7, 11) is 0. The average molecular weight is 470 g/mol. The highest BCUT2D eigenvalue weighted by molar-refractivity contribution is 7.17. The van der Waals surface area contributed by atoms with E-state index in [4.69, 9.17) is 18.6 Å². The first-order chi connectivity index (χ1) is 16.1. The van der Waals surface area contributed by atoms with Gasteiger partial charge in [0.15, 0.2) is 5.76 Å². The van der Waals surface area contributed by atoms with Crippen molar-refractivity contribution in [2.24, 2.45) is 0 Å². The smallest absolute Gasteiger partial charge is 0.341 e. The summed E-state index contributed by atoms with van der Waals surface area (Å²) in [6.07, 6.45) is 3.85. The van der Waals surface area contributed by atoms with E-state index in [1.165, 1.54) is 11.3 Å². The van der Waals surface area contributed by atoms with Crippen molar-refractivity contribution >= 4 is 28.2 Å². The predicted molar refractivity (Wildman–Crippen MR) is 126 cm³/mol. The lowest BCUT2D eigenvalue weighted by molar-refractivity contribution is 0.0526. The molecule has 0 fully saturated rings. The predicted octanol–water partition coefficient (Wildman–Crippen LogP) is 5.63. The number of nitrogens with one attached hydrogen (secondary N) is 1. The Morgan fingerprint density at radius 2 is 1.70 bits per heavy atom. The summed E-state index contributed by atoms with van der Waals surface area (Å²) in [5.41, 5.74) is 1.49. The Hall–Kier alpha value is -3.26. The molecule has 1 N–H and O–H groups in total. The second-order valence-electron chi connectivity index (χ2n) is 7.55. The van der Waals surface area contributed by atoms with Crippen LogP contribution in [0.1, 0.15) is 63.8 Å². The second-order valence-corrected chi connectivity index (χ2v) is 8.65. The molecule has 0 saturated carbocycles. The third-order valence-electron chi connectivity index (χ3n) is 5.28. The van der Waals surface area contributed by atoms with E-state index in [0.717, 1.165) is 41.9 Å². The van der Waals surface area contributed by atoms with E-state index in [1.807, 2.05) is 31.2 Å². The number of anilines is 1. The maximum atomic E-state index is 12.8. The number of hydrogen-bond acceptors (Lipinski definition) is 7. The van der Waals surface area contributed by atoms with Gasteiger partial charge in [0, 0.05) is 4.88 Å². The largest absolute Gasteiger partial charge is 0.494 e. The summed E-state index contributed by atoms with van der Waals surface area (Å²) in [6, 6.07) is 10.6. The van der Waals surface area contributed by atoms with Crippen LogP contribution in [0.15, 0.2) is 40.8 Å². The quantitative estimate of drug-likeness (QED) is 0.409. The fraction of sp³-hybridized carbons (Fsp3) is 0.360. The van der Waals surface area contributed by atoms with Crippen molar-refractivity contribution in [1.82, 2.24) is 0 Å². The molecule has 1 amide bonds. The number of furan rings is 1. The zero-order chi connectivity index (χ0) is 23.2. The summed E-state index contributed by atoms with van der Waals surface area (Å²) in [4.78, 5) is 26.6. The number of carbonyl (C=O) groups is 2. The van der Waals surface area contributed by atoms with Crippen molar-refractivity contribution in [1.29, 1.82) is 0 Å². The summed E-state index contributed by atoms with van der Waals surface area (Å²) in [5, 5.41) is 3.38. The number of esters is 1. The van der Waals surface area contributed by atoms with Crippen LogP contribution in [-0.2, 0) is 24.2 Å². The maximum Gasteiger partial charge on any atom is 0.341 e. The zero-order valence-corrected chi connectivity index (χ0v) is 19.6. The number of ether oxygens (including phenoxy) is 3. The van der Waals surface area contributed by atoms with Crippen LogP contribution in [-0.4, -0.2) is 25.1 Å². The molecule has 7 nitrogen and oxygen atoms in total. The lowest BCUT2D eigenvalue weighted by atomic mass is 9.95. The molecule has 0 bridgehead atoms. The molecule has 2 aromatic heterocycles. The van der Waals surface area contributed by atoms with Crippen LogP contribution in [0.25, 0.3) is 0 Å². The van der Waals surface area contributed by atoms with Gasteiger partial charge in [0.2, 0.25) is 0 Å². The molecule has 0 aliphatic heterocycles. The van der Waals surface area contributed by atoms with Crippen molar-refractivity contribution in [3.63, 3.8) is 0 Å². The molecule has 0 spiro atoms. The Labute approximate surface area is 196 Å². The minimum atomic E-state index is -0.411. The Morgan fingerprint density at radius 1 is 0.970 bits per heavy atom. The number of carbonyl (C=O) groups excluding carboxylic acids is 2. The first-order valence-electron chi connectivity index (χ1n) is 11.2. The van der Waals surface area contributed by atoms with Crippen molar-refractivity contribution in [3.05, 3.63) is 63.9 Å². The van der Waals surface area contributed by atoms with Gasteiger partial charge < -0.3 is 23.9 Å². The normalized spacial score (nSPS) is 12.7. The standard InChI is InChI=1S/C25H27NO6S/c1-3-29-16-9-11-17(12-10-16)31-15-18-13-14-20(32-18)23(27)26-24-22(25(28)30-4-2)19-7-5-6-8-21(19)33-24/h9-14H,3-8,15H2,1-2H3,(H,26,27). The number of thiophene rings is 1. The number of hydrogen-bond donors (Lipinski definition) is 1. The van der Waals surface area contributed by atoms with E-state index in [2.05, 4.69) is 5.32 Å². The summed E-state index contributed by atoms with van der Waals surface area (Å²) >= 11 is 1.45. The van der Waals surface area contributed by atoms with Crippen LogP contribution in [0, 0.1) is 0 Å². The van der Waals surface area contributed by atoms with Crippen molar-refractivity contribution < 1.29 is 28.2 Å². The van der Waals surface area contributed by atoms with Gasteiger partial charge in [0.05, 0.1) is 18.8 Å². The van der Waals surface area contributed by atoms with Crippen LogP contribution in [0.5, 0.6) is 11.5 Å². The third-order valence-corrected chi connectivity index (χ3v) is 6.49. The van der Waals surface area contributed by atoms with Gasteiger partial charge in [-0.1, -0.05) is 0 Å². The van der Waals surface area contributed by atoms with Gasteiger partial charge in [-0.2, -0.15) is 0 Å². The van der Waals surface area contributed by atoms with E-state index in [-0.39, 0.29) is 19.0 Å². The molecule has 0 saturated heterocycles. The Balaban J connectivity index is 1.42. The fourth-order valence-electron chi connectivity index (χ4n) is 3.77. The number of aryl methyl sites for hydroxylation is 1. The highest BCUT2D eigenvalue weighted by Gasteiger charge is 2.28. The zero-order valence-electron chi connectivity index (χ0n) is 18.8. The van der Waals surface area contributed by atoms with Gasteiger partial charge in [0.25, 0.3) is 5.91 Å². The van der Waals surface area contributed by atoms with E-state index < -0.39 is 11.9 Å². The Kier molecular flexibility index (Phi) is 7.34. The number of amides is 1. The molecular formula is C25H27NO6S. The van der Waals surface area contributed by atoms with E-state index >= 15 is 0 Å². The molecule has 0 atom stereocenters. The van der Waals surface area contributed by atoms with Crippen molar-refractivity contribution in [3.8, 4) is 11.5 Å². The molecule has 2 heterocycles. The van der Waals surface area contributed by atoms with Gasteiger partial charge in [-0.15, -0.1) is 11.3 Å². The monoisotopic (exact) mass is 469 g/mol.